The van der Waals surface area contributed by atoms with Gasteiger partial charge in [-0.05, 0) is 25.5 Å². The van der Waals surface area contributed by atoms with Crippen LogP contribution in [-0.2, 0) is 11.3 Å². The van der Waals surface area contributed by atoms with Crippen molar-refractivity contribution in [1.29, 1.82) is 0 Å². The predicted octanol–water partition coefficient (Wildman–Crippen LogP) is 2.08. The summed E-state index contributed by atoms with van der Waals surface area (Å²) in [5.41, 5.74) is 5.87. The molecule has 4 heteroatoms. The van der Waals surface area contributed by atoms with Gasteiger partial charge in [-0.3, -0.25) is 4.79 Å². The van der Waals surface area contributed by atoms with Crippen molar-refractivity contribution in [1.82, 2.24) is 5.32 Å². The molecule has 0 aliphatic heterocycles. The van der Waals surface area contributed by atoms with E-state index in [4.69, 9.17) is 17.3 Å². The number of rotatable bonds is 5. The fraction of sp³-hybridized carbons (Fsp3) is 0.417. The molecule has 0 saturated heterocycles. The number of carbonyl (C=O) groups excluding carboxylic acids is 1. The summed E-state index contributed by atoms with van der Waals surface area (Å²) < 4.78 is 0. The molecular formula is C12H17ClN2O. The van der Waals surface area contributed by atoms with Crippen molar-refractivity contribution in [3.63, 3.8) is 0 Å². The summed E-state index contributed by atoms with van der Waals surface area (Å²) in [5, 5.41) is 3.99. The molecule has 3 nitrogen and oxygen atoms in total. The number of hydrogen-bond donors (Lipinski definition) is 2. The van der Waals surface area contributed by atoms with Gasteiger partial charge < -0.3 is 11.1 Å². The van der Waals surface area contributed by atoms with Gasteiger partial charge in [-0.25, -0.2) is 0 Å². The Labute approximate surface area is 101 Å². The van der Waals surface area contributed by atoms with Crippen molar-refractivity contribution in [2.24, 2.45) is 5.73 Å². The van der Waals surface area contributed by atoms with E-state index in [-0.39, 0.29) is 11.4 Å². The average molecular weight is 241 g/mol. The molecule has 0 unspecified atom stereocenters. The Bertz CT molecular complexity index is 377. The highest BCUT2D eigenvalue weighted by Crippen LogP contribution is 2.16. The zero-order valence-corrected chi connectivity index (χ0v) is 10.3. The minimum atomic E-state index is -0.314. The van der Waals surface area contributed by atoms with E-state index in [9.17, 15) is 4.79 Å². The third kappa shape index (κ3) is 4.21. The summed E-state index contributed by atoms with van der Waals surface area (Å²) in [5.74, 6) is -0.309. The molecule has 1 amide bonds. The molecule has 1 rings (SSSR count). The lowest BCUT2D eigenvalue weighted by atomic mass is 10.00. The van der Waals surface area contributed by atoms with E-state index in [0.717, 1.165) is 10.6 Å². The summed E-state index contributed by atoms with van der Waals surface area (Å²) in [7, 11) is 0. The topological polar surface area (TPSA) is 55.1 Å². The molecule has 1 aromatic carbocycles. The van der Waals surface area contributed by atoms with E-state index in [1.807, 2.05) is 38.1 Å². The Hall–Kier alpha value is -1.06. The SMILES string of the molecule is CC(C)(CC(N)=O)NCc1ccccc1Cl. The second-order valence-electron chi connectivity index (χ2n) is 4.47. The van der Waals surface area contributed by atoms with Crippen LogP contribution in [0.3, 0.4) is 0 Å². The molecule has 0 bridgehead atoms. The zero-order valence-electron chi connectivity index (χ0n) is 9.59. The average Bonchev–Trinajstić information content (AvgIpc) is 2.14. The van der Waals surface area contributed by atoms with Gasteiger partial charge in [0.2, 0.25) is 5.91 Å². The Morgan fingerprint density at radius 1 is 1.44 bits per heavy atom. The third-order valence-electron chi connectivity index (χ3n) is 2.33. The number of primary amides is 1. The molecule has 0 heterocycles. The molecule has 3 N–H and O–H groups in total. The normalized spacial score (nSPS) is 11.4. The predicted molar refractivity (Wildman–Crippen MR) is 66.2 cm³/mol. The van der Waals surface area contributed by atoms with Crippen molar-refractivity contribution in [3.05, 3.63) is 34.9 Å². The number of nitrogens with one attached hydrogen (secondary N) is 1. The van der Waals surface area contributed by atoms with Crippen LogP contribution >= 0.6 is 11.6 Å². The van der Waals surface area contributed by atoms with Crippen LogP contribution in [0.1, 0.15) is 25.8 Å². The first-order valence-electron chi connectivity index (χ1n) is 5.17. The standard InChI is InChI=1S/C12H17ClN2O/c1-12(2,7-11(14)16)15-8-9-5-3-4-6-10(9)13/h3-6,15H,7-8H2,1-2H3,(H2,14,16). The van der Waals surface area contributed by atoms with Crippen molar-refractivity contribution >= 4 is 17.5 Å². The summed E-state index contributed by atoms with van der Waals surface area (Å²) in [4.78, 5) is 10.8. The highest BCUT2D eigenvalue weighted by Gasteiger charge is 2.19. The van der Waals surface area contributed by atoms with Crippen LogP contribution in [0.15, 0.2) is 24.3 Å². The van der Waals surface area contributed by atoms with Crippen LogP contribution in [0.25, 0.3) is 0 Å². The maximum absolute atomic E-state index is 10.8. The third-order valence-corrected chi connectivity index (χ3v) is 2.70. The van der Waals surface area contributed by atoms with Gasteiger partial charge in [0.15, 0.2) is 0 Å². The Kier molecular flexibility index (Phi) is 4.33. The van der Waals surface area contributed by atoms with Crippen molar-refractivity contribution in [2.45, 2.75) is 32.4 Å². The van der Waals surface area contributed by atoms with E-state index < -0.39 is 0 Å². The van der Waals surface area contributed by atoms with Gasteiger partial charge >= 0.3 is 0 Å². The highest BCUT2D eigenvalue weighted by molar-refractivity contribution is 6.31. The second-order valence-corrected chi connectivity index (χ2v) is 4.88. The fourth-order valence-corrected chi connectivity index (χ4v) is 1.68. The van der Waals surface area contributed by atoms with Gasteiger partial charge in [0.05, 0.1) is 0 Å². The first kappa shape index (κ1) is 13.0. The van der Waals surface area contributed by atoms with Gasteiger partial charge in [0, 0.05) is 23.5 Å². The largest absolute Gasteiger partial charge is 0.370 e. The molecule has 0 aromatic heterocycles. The van der Waals surface area contributed by atoms with Gasteiger partial charge in [0.1, 0.15) is 0 Å². The Morgan fingerprint density at radius 3 is 2.62 bits per heavy atom. The first-order chi connectivity index (χ1) is 7.41. The summed E-state index contributed by atoms with van der Waals surface area (Å²) in [6, 6.07) is 7.62. The maximum atomic E-state index is 10.8. The van der Waals surface area contributed by atoms with Crippen molar-refractivity contribution < 1.29 is 4.79 Å². The number of amides is 1. The molecule has 0 spiro atoms. The molecule has 0 radical (unpaired) electrons. The van der Waals surface area contributed by atoms with Crippen molar-refractivity contribution in [2.75, 3.05) is 0 Å². The summed E-state index contributed by atoms with van der Waals surface area (Å²) in [6.07, 6.45) is 0.303. The lowest BCUT2D eigenvalue weighted by Gasteiger charge is -2.25. The molecular weight excluding hydrogens is 224 g/mol. The van der Waals surface area contributed by atoms with E-state index in [1.165, 1.54) is 0 Å². The smallest absolute Gasteiger partial charge is 0.219 e. The van der Waals surface area contributed by atoms with Gasteiger partial charge in [-0.1, -0.05) is 29.8 Å². The van der Waals surface area contributed by atoms with E-state index in [1.54, 1.807) is 0 Å². The number of hydrogen-bond acceptors (Lipinski definition) is 2. The van der Waals surface area contributed by atoms with Crippen LogP contribution in [0.2, 0.25) is 5.02 Å². The number of nitrogens with two attached hydrogens (primary N) is 1. The summed E-state index contributed by atoms with van der Waals surface area (Å²) in [6.45, 7) is 4.50. The van der Waals surface area contributed by atoms with Crippen molar-refractivity contribution in [3.8, 4) is 0 Å². The molecule has 88 valence electrons. The van der Waals surface area contributed by atoms with E-state index >= 15 is 0 Å². The number of halogens is 1. The van der Waals surface area contributed by atoms with Crippen LogP contribution in [0.5, 0.6) is 0 Å². The van der Waals surface area contributed by atoms with Gasteiger partial charge in [-0.2, -0.15) is 0 Å². The highest BCUT2D eigenvalue weighted by atomic mass is 35.5. The second kappa shape index (κ2) is 5.32. The fourth-order valence-electron chi connectivity index (χ4n) is 1.47. The van der Waals surface area contributed by atoms with E-state index in [0.29, 0.717) is 13.0 Å². The van der Waals surface area contributed by atoms with Crippen LogP contribution in [0, 0.1) is 0 Å². The molecule has 0 aliphatic rings. The zero-order chi connectivity index (χ0) is 12.2. The van der Waals surface area contributed by atoms with Gasteiger partial charge in [-0.15, -0.1) is 0 Å². The lowest BCUT2D eigenvalue weighted by molar-refractivity contribution is -0.119. The minimum Gasteiger partial charge on any atom is -0.370 e. The van der Waals surface area contributed by atoms with Crippen LogP contribution in [-0.4, -0.2) is 11.4 Å². The molecule has 0 atom stereocenters. The monoisotopic (exact) mass is 240 g/mol. The summed E-state index contributed by atoms with van der Waals surface area (Å²) >= 11 is 6.03. The Balaban J connectivity index is 2.57. The first-order valence-corrected chi connectivity index (χ1v) is 5.55. The molecule has 0 aliphatic carbocycles. The van der Waals surface area contributed by atoms with Gasteiger partial charge in [0.25, 0.3) is 0 Å². The molecule has 16 heavy (non-hydrogen) atoms. The molecule has 0 saturated carbocycles. The van der Waals surface area contributed by atoms with Crippen LogP contribution in [0.4, 0.5) is 0 Å². The lowest BCUT2D eigenvalue weighted by Crippen LogP contribution is -2.42. The quantitative estimate of drug-likeness (QED) is 0.828. The minimum absolute atomic E-state index is 0.303. The number of benzene rings is 1. The Morgan fingerprint density at radius 2 is 2.06 bits per heavy atom. The van der Waals surface area contributed by atoms with E-state index in [2.05, 4.69) is 5.32 Å². The maximum Gasteiger partial charge on any atom is 0.219 e. The van der Waals surface area contributed by atoms with Crippen LogP contribution < -0.4 is 11.1 Å². The molecule has 1 aromatic rings. The molecule has 0 fully saturated rings. The number of carbonyl (C=O) groups is 1.